The largest absolute Gasteiger partial charge is 0.329 e. The summed E-state index contributed by atoms with van der Waals surface area (Å²) in [5.41, 5.74) is 5.82. The summed E-state index contributed by atoms with van der Waals surface area (Å²) in [6.45, 7) is 1.99. The molecule has 0 bridgehead atoms. The molecule has 0 spiro atoms. The summed E-state index contributed by atoms with van der Waals surface area (Å²) in [5.74, 6) is -0.989. The summed E-state index contributed by atoms with van der Waals surface area (Å²) in [5, 5.41) is 0. The Morgan fingerprint density at radius 3 is 2.24 bits per heavy atom. The van der Waals surface area contributed by atoms with Crippen LogP contribution in [-0.2, 0) is 0 Å². The molecule has 1 aliphatic heterocycles. The Morgan fingerprint density at radius 2 is 1.71 bits per heavy atom. The van der Waals surface area contributed by atoms with Crippen molar-refractivity contribution in [3.63, 3.8) is 0 Å². The van der Waals surface area contributed by atoms with Gasteiger partial charge >= 0.3 is 0 Å². The molecule has 0 unspecified atom stereocenters. The highest BCUT2D eigenvalue weighted by Gasteiger charge is 2.25. The lowest BCUT2D eigenvalue weighted by Gasteiger charge is -2.34. The first kappa shape index (κ1) is 12.5. The van der Waals surface area contributed by atoms with Crippen molar-refractivity contribution in [2.75, 3.05) is 19.6 Å². The standard InChI is InChI=1S/C13H18F2N2/c14-10-5-4-6-11(15)13(10)12(9-16)17-7-2-1-3-8-17/h4-6,12H,1-3,7-9,16H2/t12-/m0/s1. The van der Waals surface area contributed by atoms with Crippen molar-refractivity contribution in [3.05, 3.63) is 35.4 Å². The molecule has 1 aromatic carbocycles. The minimum Gasteiger partial charge on any atom is -0.329 e. The second-order valence-corrected chi connectivity index (χ2v) is 4.48. The molecule has 1 atom stereocenters. The zero-order valence-corrected chi connectivity index (χ0v) is 9.83. The van der Waals surface area contributed by atoms with Crippen LogP contribution in [0.5, 0.6) is 0 Å². The van der Waals surface area contributed by atoms with Crippen LogP contribution in [0.4, 0.5) is 8.78 Å². The van der Waals surface area contributed by atoms with Crippen LogP contribution in [0.25, 0.3) is 0 Å². The number of benzene rings is 1. The number of nitrogens with zero attached hydrogens (tertiary/aromatic N) is 1. The van der Waals surface area contributed by atoms with Gasteiger partial charge < -0.3 is 5.73 Å². The Morgan fingerprint density at radius 1 is 1.12 bits per heavy atom. The maximum atomic E-state index is 13.7. The molecule has 2 rings (SSSR count). The molecule has 2 N–H and O–H groups in total. The molecule has 1 aromatic rings. The number of likely N-dealkylation sites (tertiary alicyclic amines) is 1. The Labute approximate surface area is 100 Å². The third-order valence-electron chi connectivity index (χ3n) is 3.39. The van der Waals surface area contributed by atoms with Crippen molar-refractivity contribution in [1.29, 1.82) is 0 Å². The summed E-state index contributed by atoms with van der Waals surface area (Å²) in [6.07, 6.45) is 3.34. The minimum absolute atomic E-state index is 0.122. The van der Waals surface area contributed by atoms with E-state index in [1.807, 2.05) is 0 Å². The molecule has 1 fully saturated rings. The van der Waals surface area contributed by atoms with E-state index < -0.39 is 11.6 Å². The summed E-state index contributed by atoms with van der Waals surface area (Å²) >= 11 is 0. The number of piperidine rings is 1. The minimum atomic E-state index is -0.494. The van der Waals surface area contributed by atoms with Gasteiger partial charge in [-0.2, -0.15) is 0 Å². The van der Waals surface area contributed by atoms with Crippen LogP contribution in [-0.4, -0.2) is 24.5 Å². The van der Waals surface area contributed by atoms with E-state index in [0.717, 1.165) is 25.9 Å². The molecule has 2 nitrogen and oxygen atoms in total. The first-order chi connectivity index (χ1) is 8.24. The highest BCUT2D eigenvalue weighted by atomic mass is 19.1. The number of hydrogen-bond donors (Lipinski definition) is 1. The third-order valence-corrected chi connectivity index (χ3v) is 3.39. The van der Waals surface area contributed by atoms with Gasteiger partial charge in [-0.05, 0) is 38.1 Å². The van der Waals surface area contributed by atoms with Crippen molar-refractivity contribution in [2.45, 2.75) is 25.3 Å². The summed E-state index contributed by atoms with van der Waals surface area (Å²) < 4.78 is 27.4. The van der Waals surface area contributed by atoms with E-state index in [1.165, 1.54) is 24.6 Å². The van der Waals surface area contributed by atoms with E-state index >= 15 is 0 Å². The van der Waals surface area contributed by atoms with Gasteiger partial charge in [0.25, 0.3) is 0 Å². The third kappa shape index (κ3) is 2.64. The molecule has 0 amide bonds. The fourth-order valence-electron chi connectivity index (χ4n) is 2.51. The lowest BCUT2D eigenvalue weighted by Crippen LogP contribution is -2.38. The van der Waals surface area contributed by atoms with Gasteiger partial charge in [0.1, 0.15) is 11.6 Å². The molecule has 0 radical (unpaired) electrons. The normalized spacial score (nSPS) is 19.2. The van der Waals surface area contributed by atoms with E-state index in [1.54, 1.807) is 0 Å². The average molecular weight is 240 g/mol. The van der Waals surface area contributed by atoms with Crippen LogP contribution in [0.3, 0.4) is 0 Å². The SMILES string of the molecule is NC[C@@H](c1c(F)cccc1F)N1CCCCC1. The van der Waals surface area contributed by atoms with Gasteiger partial charge in [-0.25, -0.2) is 8.78 Å². The monoisotopic (exact) mass is 240 g/mol. The van der Waals surface area contributed by atoms with Gasteiger partial charge in [0.2, 0.25) is 0 Å². The smallest absolute Gasteiger partial charge is 0.130 e. The Balaban J connectivity index is 2.27. The Bertz CT molecular complexity index is 355. The fourth-order valence-corrected chi connectivity index (χ4v) is 2.51. The van der Waals surface area contributed by atoms with Gasteiger partial charge in [-0.1, -0.05) is 12.5 Å². The highest BCUT2D eigenvalue weighted by molar-refractivity contribution is 5.24. The molecular weight excluding hydrogens is 222 g/mol. The van der Waals surface area contributed by atoms with Crippen molar-refractivity contribution in [2.24, 2.45) is 5.73 Å². The van der Waals surface area contributed by atoms with Gasteiger partial charge in [-0.3, -0.25) is 4.90 Å². The Hall–Kier alpha value is -1.00. The molecule has 94 valence electrons. The second-order valence-electron chi connectivity index (χ2n) is 4.48. The van der Waals surface area contributed by atoms with Gasteiger partial charge in [-0.15, -0.1) is 0 Å². The van der Waals surface area contributed by atoms with Crippen molar-refractivity contribution < 1.29 is 8.78 Å². The van der Waals surface area contributed by atoms with Crippen molar-refractivity contribution in [3.8, 4) is 0 Å². The highest BCUT2D eigenvalue weighted by Crippen LogP contribution is 2.27. The number of nitrogens with two attached hydrogens (primary N) is 1. The van der Waals surface area contributed by atoms with E-state index in [-0.39, 0.29) is 18.2 Å². The summed E-state index contributed by atoms with van der Waals surface area (Å²) in [6, 6.07) is 3.64. The van der Waals surface area contributed by atoms with Gasteiger partial charge in [0, 0.05) is 12.1 Å². The predicted octanol–water partition coefficient (Wildman–Crippen LogP) is 2.45. The van der Waals surface area contributed by atoms with Gasteiger partial charge in [0.05, 0.1) is 6.04 Å². The predicted molar refractivity (Wildman–Crippen MR) is 63.6 cm³/mol. The van der Waals surface area contributed by atoms with Crippen LogP contribution in [0.15, 0.2) is 18.2 Å². The maximum Gasteiger partial charge on any atom is 0.130 e. The lowest BCUT2D eigenvalue weighted by molar-refractivity contribution is 0.161. The maximum absolute atomic E-state index is 13.7. The summed E-state index contributed by atoms with van der Waals surface area (Å²) in [4.78, 5) is 2.09. The van der Waals surface area contributed by atoms with E-state index in [9.17, 15) is 8.78 Å². The second kappa shape index (κ2) is 5.56. The molecule has 0 saturated carbocycles. The zero-order valence-electron chi connectivity index (χ0n) is 9.83. The molecule has 4 heteroatoms. The van der Waals surface area contributed by atoms with Crippen LogP contribution < -0.4 is 5.73 Å². The van der Waals surface area contributed by atoms with Crippen LogP contribution in [0.2, 0.25) is 0 Å². The van der Waals surface area contributed by atoms with Gasteiger partial charge in [0.15, 0.2) is 0 Å². The molecule has 0 aromatic heterocycles. The topological polar surface area (TPSA) is 29.3 Å². The van der Waals surface area contributed by atoms with Crippen molar-refractivity contribution >= 4 is 0 Å². The first-order valence-corrected chi connectivity index (χ1v) is 6.12. The molecular formula is C13H18F2N2. The molecule has 1 aliphatic rings. The summed E-state index contributed by atoms with van der Waals surface area (Å²) in [7, 11) is 0. The number of rotatable bonds is 3. The molecule has 17 heavy (non-hydrogen) atoms. The number of halogens is 2. The molecule has 0 aliphatic carbocycles. The van der Waals surface area contributed by atoms with Crippen LogP contribution in [0, 0.1) is 11.6 Å². The quantitative estimate of drug-likeness (QED) is 0.879. The van der Waals surface area contributed by atoms with E-state index in [4.69, 9.17) is 5.73 Å². The van der Waals surface area contributed by atoms with Crippen LogP contribution >= 0.6 is 0 Å². The van der Waals surface area contributed by atoms with Crippen molar-refractivity contribution in [1.82, 2.24) is 4.90 Å². The number of hydrogen-bond acceptors (Lipinski definition) is 2. The fraction of sp³-hybridized carbons (Fsp3) is 0.538. The average Bonchev–Trinajstić information content (AvgIpc) is 2.35. The first-order valence-electron chi connectivity index (χ1n) is 6.12. The zero-order chi connectivity index (χ0) is 12.3. The van der Waals surface area contributed by atoms with E-state index in [2.05, 4.69) is 4.90 Å². The molecule has 1 heterocycles. The lowest BCUT2D eigenvalue weighted by atomic mass is 10.0. The van der Waals surface area contributed by atoms with E-state index in [0.29, 0.717) is 0 Å². The molecule has 1 saturated heterocycles. The Kier molecular flexibility index (Phi) is 4.07. The van der Waals surface area contributed by atoms with Crippen LogP contribution in [0.1, 0.15) is 30.9 Å².